The van der Waals surface area contributed by atoms with Crippen LogP contribution in [0.3, 0.4) is 0 Å². The topological polar surface area (TPSA) is 35.5 Å². The molecule has 0 spiro atoms. The number of hydrogen-bond donors (Lipinski definition) is 0. The summed E-state index contributed by atoms with van der Waals surface area (Å²) in [6.07, 6.45) is 2.99. The van der Waals surface area contributed by atoms with E-state index in [-0.39, 0.29) is 0 Å². The van der Waals surface area contributed by atoms with Crippen molar-refractivity contribution in [1.82, 2.24) is 14.9 Å². The number of rotatable bonds is 5. The van der Waals surface area contributed by atoms with Crippen molar-refractivity contribution in [3.8, 4) is 0 Å². The fourth-order valence-corrected chi connectivity index (χ4v) is 4.38. The van der Waals surface area contributed by atoms with Crippen molar-refractivity contribution in [2.75, 3.05) is 44.0 Å². The Balaban J connectivity index is 1.63. The molecule has 1 aliphatic rings. The Hall–Kier alpha value is -1.18. The summed E-state index contributed by atoms with van der Waals surface area (Å²) in [6, 6.07) is 6.73. The number of aromatic nitrogens is 2. The lowest BCUT2D eigenvalue weighted by Gasteiger charge is -2.25. The molecule has 5 nitrogen and oxygen atoms in total. The van der Waals surface area contributed by atoms with Crippen molar-refractivity contribution in [2.24, 2.45) is 0 Å². The normalized spacial score (nSPS) is 18.3. The van der Waals surface area contributed by atoms with Crippen LogP contribution in [0.5, 0.6) is 0 Å². The van der Waals surface area contributed by atoms with Crippen molar-refractivity contribution >= 4 is 39.0 Å². The molecule has 0 aromatic carbocycles. The van der Waals surface area contributed by atoms with Crippen LogP contribution in [0.1, 0.15) is 11.3 Å². The molecule has 23 heavy (non-hydrogen) atoms. The molecule has 3 heterocycles. The van der Waals surface area contributed by atoms with E-state index < -0.39 is 0 Å². The highest BCUT2D eigenvalue weighted by atomic mass is 79.9. The first-order chi connectivity index (χ1) is 11.0. The highest BCUT2D eigenvalue weighted by Gasteiger charge is 2.27. The van der Waals surface area contributed by atoms with Crippen LogP contribution < -0.4 is 9.80 Å². The number of thiophene rings is 1. The van der Waals surface area contributed by atoms with E-state index in [0.29, 0.717) is 6.04 Å². The van der Waals surface area contributed by atoms with Gasteiger partial charge in [-0.3, -0.25) is 4.90 Å². The van der Waals surface area contributed by atoms with Gasteiger partial charge in [0.05, 0.1) is 3.79 Å². The molecular formula is C16H22BrN5S. The Morgan fingerprint density at radius 2 is 2.13 bits per heavy atom. The van der Waals surface area contributed by atoms with Crippen LogP contribution in [0.2, 0.25) is 0 Å². The standard InChI is InChI=1S/C16H22BrN5S/c1-20(2)15-6-8-18-16(19-15)21(3)12-7-9-22(10-12)11-13-4-5-14(17)23-13/h4-6,8,12H,7,9-11H2,1-3H3. The lowest BCUT2D eigenvalue weighted by atomic mass is 10.2. The number of anilines is 2. The molecular weight excluding hydrogens is 374 g/mol. The van der Waals surface area contributed by atoms with E-state index in [4.69, 9.17) is 0 Å². The fourth-order valence-electron chi connectivity index (χ4n) is 2.85. The molecule has 0 N–H and O–H groups in total. The second kappa shape index (κ2) is 7.15. The minimum Gasteiger partial charge on any atom is -0.363 e. The summed E-state index contributed by atoms with van der Waals surface area (Å²) >= 11 is 5.35. The second-order valence-electron chi connectivity index (χ2n) is 6.10. The average Bonchev–Trinajstić information content (AvgIpc) is 3.16. The monoisotopic (exact) mass is 395 g/mol. The van der Waals surface area contributed by atoms with Crippen LogP contribution in [0.4, 0.5) is 11.8 Å². The van der Waals surface area contributed by atoms with Gasteiger partial charge in [0.2, 0.25) is 5.95 Å². The smallest absolute Gasteiger partial charge is 0.227 e. The molecule has 2 aromatic heterocycles. The number of likely N-dealkylation sites (N-methyl/N-ethyl adjacent to an activating group) is 1. The first-order valence-electron chi connectivity index (χ1n) is 7.72. The number of likely N-dealkylation sites (tertiary alicyclic amines) is 1. The minimum absolute atomic E-state index is 0.468. The maximum Gasteiger partial charge on any atom is 0.227 e. The molecule has 1 fully saturated rings. The average molecular weight is 396 g/mol. The Kier molecular flexibility index (Phi) is 5.18. The predicted molar refractivity (Wildman–Crippen MR) is 100 cm³/mol. The molecule has 0 amide bonds. The minimum atomic E-state index is 0.468. The van der Waals surface area contributed by atoms with Crippen molar-refractivity contribution in [3.05, 3.63) is 33.1 Å². The molecule has 1 atom stereocenters. The number of nitrogens with zero attached hydrogens (tertiary/aromatic N) is 5. The van der Waals surface area contributed by atoms with Gasteiger partial charge in [-0.25, -0.2) is 4.98 Å². The fraction of sp³-hybridized carbons (Fsp3) is 0.500. The third kappa shape index (κ3) is 4.02. The molecule has 0 saturated carbocycles. The highest BCUT2D eigenvalue weighted by molar-refractivity contribution is 9.11. The zero-order valence-electron chi connectivity index (χ0n) is 13.7. The van der Waals surface area contributed by atoms with Crippen LogP contribution >= 0.6 is 27.3 Å². The summed E-state index contributed by atoms with van der Waals surface area (Å²) in [4.78, 5) is 17.2. The van der Waals surface area contributed by atoms with Crippen LogP contribution in [-0.4, -0.2) is 55.1 Å². The summed E-state index contributed by atoms with van der Waals surface area (Å²) < 4.78 is 1.20. The molecule has 1 aliphatic heterocycles. The van der Waals surface area contributed by atoms with Gasteiger partial charge in [0.15, 0.2) is 0 Å². The van der Waals surface area contributed by atoms with E-state index >= 15 is 0 Å². The van der Waals surface area contributed by atoms with Gasteiger partial charge in [0.1, 0.15) is 5.82 Å². The lowest BCUT2D eigenvalue weighted by Crippen LogP contribution is -2.35. The Morgan fingerprint density at radius 1 is 1.30 bits per heavy atom. The predicted octanol–water partition coefficient (Wildman–Crippen LogP) is 3.08. The Labute approximate surface area is 150 Å². The highest BCUT2D eigenvalue weighted by Crippen LogP contribution is 2.26. The molecule has 0 bridgehead atoms. The number of hydrogen-bond acceptors (Lipinski definition) is 6. The lowest BCUT2D eigenvalue weighted by molar-refractivity contribution is 0.328. The second-order valence-corrected chi connectivity index (χ2v) is 8.65. The van der Waals surface area contributed by atoms with E-state index in [1.165, 1.54) is 8.66 Å². The van der Waals surface area contributed by atoms with Crippen LogP contribution in [0.25, 0.3) is 0 Å². The molecule has 1 saturated heterocycles. The molecule has 0 radical (unpaired) electrons. The zero-order chi connectivity index (χ0) is 16.4. The van der Waals surface area contributed by atoms with Gasteiger partial charge in [-0.2, -0.15) is 4.98 Å². The van der Waals surface area contributed by atoms with Crippen LogP contribution in [-0.2, 0) is 6.54 Å². The Morgan fingerprint density at radius 3 is 2.83 bits per heavy atom. The molecule has 7 heteroatoms. The summed E-state index contributed by atoms with van der Waals surface area (Å²) in [7, 11) is 6.11. The van der Waals surface area contributed by atoms with E-state index in [0.717, 1.165) is 37.8 Å². The molecule has 0 aliphatic carbocycles. The number of halogens is 1. The Bertz CT molecular complexity index is 659. The third-order valence-electron chi connectivity index (χ3n) is 4.21. The third-order valence-corrected chi connectivity index (χ3v) is 5.81. The van der Waals surface area contributed by atoms with Crippen molar-refractivity contribution in [2.45, 2.75) is 19.0 Å². The van der Waals surface area contributed by atoms with Gasteiger partial charge >= 0.3 is 0 Å². The summed E-state index contributed by atoms with van der Waals surface area (Å²) in [5.41, 5.74) is 0. The van der Waals surface area contributed by atoms with Crippen molar-refractivity contribution in [1.29, 1.82) is 0 Å². The molecule has 124 valence electrons. The maximum atomic E-state index is 4.65. The first kappa shape index (κ1) is 16.7. The van der Waals surface area contributed by atoms with Gasteiger partial charge in [-0.15, -0.1) is 11.3 Å². The van der Waals surface area contributed by atoms with Crippen molar-refractivity contribution in [3.63, 3.8) is 0 Å². The van der Waals surface area contributed by atoms with Gasteiger partial charge in [-0.1, -0.05) is 0 Å². The quantitative estimate of drug-likeness (QED) is 0.776. The first-order valence-corrected chi connectivity index (χ1v) is 9.33. The van der Waals surface area contributed by atoms with Gasteiger partial charge < -0.3 is 9.80 Å². The van der Waals surface area contributed by atoms with Gasteiger partial charge in [0, 0.05) is 57.9 Å². The van der Waals surface area contributed by atoms with Crippen LogP contribution in [0, 0.1) is 0 Å². The summed E-state index contributed by atoms with van der Waals surface area (Å²) in [5, 5.41) is 0. The van der Waals surface area contributed by atoms with E-state index in [9.17, 15) is 0 Å². The SMILES string of the molecule is CN(C)c1ccnc(N(C)C2CCN(Cc3ccc(Br)s3)C2)n1. The zero-order valence-corrected chi connectivity index (χ0v) is 16.1. The molecule has 3 rings (SSSR count). The summed E-state index contributed by atoms with van der Waals surface area (Å²) in [5.74, 6) is 1.75. The largest absolute Gasteiger partial charge is 0.363 e. The molecule has 2 aromatic rings. The van der Waals surface area contributed by atoms with Crippen molar-refractivity contribution < 1.29 is 0 Å². The van der Waals surface area contributed by atoms with Gasteiger partial charge in [-0.05, 0) is 40.5 Å². The van der Waals surface area contributed by atoms with E-state index in [1.54, 1.807) is 0 Å². The van der Waals surface area contributed by atoms with E-state index in [2.05, 4.69) is 54.9 Å². The van der Waals surface area contributed by atoms with Crippen LogP contribution in [0.15, 0.2) is 28.2 Å². The van der Waals surface area contributed by atoms with E-state index in [1.807, 2.05) is 42.6 Å². The molecule has 1 unspecified atom stereocenters. The van der Waals surface area contributed by atoms with Gasteiger partial charge in [0.25, 0.3) is 0 Å². The maximum absolute atomic E-state index is 4.65. The summed E-state index contributed by atoms with van der Waals surface area (Å²) in [6.45, 7) is 3.21.